The third-order valence-corrected chi connectivity index (χ3v) is 6.28. The summed E-state index contributed by atoms with van der Waals surface area (Å²) >= 11 is 0. The van der Waals surface area contributed by atoms with Gasteiger partial charge < -0.3 is 4.74 Å². The Balaban J connectivity index is 1.68. The minimum atomic E-state index is -4.01. The molecule has 1 aromatic heterocycles. The van der Waals surface area contributed by atoms with Gasteiger partial charge in [0.1, 0.15) is 0 Å². The maximum absolute atomic E-state index is 12.9. The van der Waals surface area contributed by atoms with E-state index >= 15 is 0 Å². The monoisotopic (exact) mass is 382 g/mol. The molecular weight excluding hydrogens is 364 g/mol. The molecule has 0 fully saturated rings. The second-order valence-corrected chi connectivity index (χ2v) is 8.08. The zero-order chi connectivity index (χ0) is 19.0. The van der Waals surface area contributed by atoms with Gasteiger partial charge in [-0.3, -0.25) is 4.79 Å². The molecule has 1 atom stereocenters. The van der Waals surface area contributed by atoms with Crippen molar-refractivity contribution in [3.05, 3.63) is 65.9 Å². The molecule has 1 amide bonds. The molecule has 1 N–H and O–H groups in total. The van der Waals surface area contributed by atoms with Crippen LogP contribution in [0.3, 0.4) is 0 Å². The molecule has 7 heteroatoms. The summed E-state index contributed by atoms with van der Waals surface area (Å²) in [6.07, 6.45) is 2.83. The quantitative estimate of drug-likeness (QED) is 0.750. The number of ether oxygens (including phenoxy) is 1. The van der Waals surface area contributed by atoms with Crippen LogP contribution in [0, 0.1) is 0 Å². The summed E-state index contributed by atoms with van der Waals surface area (Å²) in [4.78, 5) is 17.1. The number of nitrogens with one attached hydrogen (secondary N) is 1. The number of carbonyl (C=O) groups excluding carboxylic acids is 1. The van der Waals surface area contributed by atoms with Gasteiger partial charge >= 0.3 is 0 Å². The number of sulfonamides is 1. The highest BCUT2D eigenvalue weighted by atomic mass is 32.2. The van der Waals surface area contributed by atoms with Gasteiger partial charge in [0, 0.05) is 17.1 Å². The Morgan fingerprint density at radius 2 is 1.93 bits per heavy atom. The summed E-state index contributed by atoms with van der Waals surface area (Å²) in [6, 6.07) is 14.0. The molecule has 27 heavy (non-hydrogen) atoms. The highest BCUT2D eigenvalue weighted by molar-refractivity contribution is 7.90. The maximum Gasteiger partial charge on any atom is 0.264 e. The number of carbonyl (C=O) groups is 1. The Hall–Kier alpha value is -2.93. The van der Waals surface area contributed by atoms with Crippen molar-refractivity contribution < 1.29 is 17.9 Å². The van der Waals surface area contributed by atoms with E-state index in [4.69, 9.17) is 4.74 Å². The molecule has 0 bridgehead atoms. The van der Waals surface area contributed by atoms with Crippen molar-refractivity contribution in [1.82, 2.24) is 9.71 Å². The van der Waals surface area contributed by atoms with E-state index in [0.29, 0.717) is 29.7 Å². The van der Waals surface area contributed by atoms with Crippen LogP contribution in [0.2, 0.25) is 0 Å². The van der Waals surface area contributed by atoms with Crippen LogP contribution >= 0.6 is 0 Å². The third kappa shape index (κ3) is 3.04. The molecule has 1 aliphatic carbocycles. The average molecular weight is 382 g/mol. The minimum absolute atomic E-state index is 0.0883. The number of benzene rings is 2. The van der Waals surface area contributed by atoms with Gasteiger partial charge in [0.25, 0.3) is 10.0 Å². The topological polar surface area (TPSA) is 85.4 Å². The molecule has 3 aromatic rings. The number of fused-ring (bicyclic) bond motifs is 2. The SMILES string of the molecule is COc1nccc2c1C(C(=O)NS(=O)(=O)c1cccc3ccccc13)CC2. The normalized spacial score (nSPS) is 16.1. The first-order valence-electron chi connectivity index (χ1n) is 8.57. The molecule has 0 saturated carbocycles. The van der Waals surface area contributed by atoms with Gasteiger partial charge in [0.15, 0.2) is 0 Å². The van der Waals surface area contributed by atoms with Crippen LogP contribution < -0.4 is 9.46 Å². The van der Waals surface area contributed by atoms with Crippen LogP contribution in [0.1, 0.15) is 23.5 Å². The Kier molecular flexibility index (Phi) is 4.31. The Morgan fingerprint density at radius 1 is 1.15 bits per heavy atom. The highest BCUT2D eigenvalue weighted by Gasteiger charge is 2.34. The molecule has 0 aliphatic heterocycles. The summed E-state index contributed by atoms with van der Waals surface area (Å²) < 4.78 is 33.3. The lowest BCUT2D eigenvalue weighted by Gasteiger charge is -2.15. The first kappa shape index (κ1) is 17.5. The van der Waals surface area contributed by atoms with Crippen LogP contribution in [0.4, 0.5) is 0 Å². The van der Waals surface area contributed by atoms with E-state index in [-0.39, 0.29) is 4.90 Å². The molecule has 1 heterocycles. The van der Waals surface area contributed by atoms with Crippen LogP contribution in [-0.4, -0.2) is 26.4 Å². The molecule has 2 aromatic carbocycles. The highest BCUT2D eigenvalue weighted by Crippen LogP contribution is 2.38. The van der Waals surface area contributed by atoms with E-state index in [1.165, 1.54) is 13.2 Å². The summed E-state index contributed by atoms with van der Waals surface area (Å²) in [7, 11) is -2.52. The number of hydrogen-bond donors (Lipinski definition) is 1. The van der Waals surface area contributed by atoms with Crippen molar-refractivity contribution in [3.8, 4) is 5.88 Å². The van der Waals surface area contributed by atoms with Gasteiger partial charge in [-0.25, -0.2) is 18.1 Å². The molecule has 1 unspecified atom stereocenters. The first-order valence-corrected chi connectivity index (χ1v) is 10.1. The first-order chi connectivity index (χ1) is 13.0. The predicted molar refractivity (Wildman–Crippen MR) is 101 cm³/mol. The van der Waals surface area contributed by atoms with Gasteiger partial charge in [-0.2, -0.15) is 0 Å². The Morgan fingerprint density at radius 3 is 2.74 bits per heavy atom. The van der Waals surface area contributed by atoms with Crippen LogP contribution in [0.25, 0.3) is 10.8 Å². The van der Waals surface area contributed by atoms with Gasteiger partial charge in [0.2, 0.25) is 11.8 Å². The van der Waals surface area contributed by atoms with Crippen LogP contribution in [0.5, 0.6) is 5.88 Å². The molecule has 138 valence electrons. The predicted octanol–water partition coefficient (Wildman–Crippen LogP) is 2.78. The summed E-state index contributed by atoms with van der Waals surface area (Å²) in [5.41, 5.74) is 1.63. The fraction of sp³-hybridized carbons (Fsp3) is 0.200. The lowest BCUT2D eigenvalue weighted by molar-refractivity contribution is -0.120. The number of rotatable bonds is 4. The van der Waals surface area contributed by atoms with Crippen molar-refractivity contribution >= 4 is 26.7 Å². The molecule has 4 rings (SSSR count). The van der Waals surface area contributed by atoms with Crippen LogP contribution in [0.15, 0.2) is 59.6 Å². The number of amides is 1. The standard InChI is InChI=1S/C20H18N2O4S/c1-26-20-18-14(11-12-21-20)9-10-16(18)19(23)22-27(24,25)17-8-4-6-13-5-2-3-7-15(13)17/h2-8,11-12,16H,9-10H2,1H3,(H,22,23). The van der Waals surface area contributed by atoms with Gasteiger partial charge in [-0.1, -0.05) is 36.4 Å². The second-order valence-electron chi connectivity index (χ2n) is 6.43. The van der Waals surface area contributed by atoms with E-state index < -0.39 is 21.8 Å². The smallest absolute Gasteiger partial charge is 0.264 e. The third-order valence-electron chi connectivity index (χ3n) is 4.88. The zero-order valence-electron chi connectivity index (χ0n) is 14.7. The Labute approximate surface area is 157 Å². The number of nitrogens with zero attached hydrogens (tertiary/aromatic N) is 1. The number of aryl methyl sites for hydroxylation is 1. The fourth-order valence-electron chi connectivity index (χ4n) is 3.64. The van der Waals surface area contributed by atoms with E-state index in [0.717, 1.165) is 10.9 Å². The van der Waals surface area contributed by atoms with Gasteiger partial charge in [-0.15, -0.1) is 0 Å². The lowest BCUT2D eigenvalue weighted by atomic mass is 10.0. The number of hydrogen-bond acceptors (Lipinski definition) is 5. The molecule has 0 radical (unpaired) electrons. The van der Waals surface area contributed by atoms with Crippen molar-refractivity contribution in [2.24, 2.45) is 0 Å². The van der Waals surface area contributed by atoms with Gasteiger partial charge in [0.05, 0.1) is 17.9 Å². The molecular formula is C20H18N2O4S. The summed E-state index contributed by atoms with van der Waals surface area (Å²) in [5, 5.41) is 1.37. The number of aromatic nitrogens is 1. The van der Waals surface area contributed by atoms with Crippen molar-refractivity contribution in [1.29, 1.82) is 0 Å². The fourth-order valence-corrected chi connectivity index (χ4v) is 4.89. The van der Waals surface area contributed by atoms with E-state index in [1.807, 2.05) is 24.3 Å². The molecule has 6 nitrogen and oxygen atoms in total. The van der Waals surface area contributed by atoms with Crippen molar-refractivity contribution in [2.75, 3.05) is 7.11 Å². The minimum Gasteiger partial charge on any atom is -0.481 e. The van der Waals surface area contributed by atoms with Crippen LogP contribution in [-0.2, 0) is 21.2 Å². The van der Waals surface area contributed by atoms with E-state index in [1.54, 1.807) is 24.4 Å². The average Bonchev–Trinajstić information content (AvgIpc) is 3.11. The largest absolute Gasteiger partial charge is 0.481 e. The molecule has 1 aliphatic rings. The zero-order valence-corrected chi connectivity index (χ0v) is 15.5. The van der Waals surface area contributed by atoms with Crippen molar-refractivity contribution in [2.45, 2.75) is 23.7 Å². The van der Waals surface area contributed by atoms with Gasteiger partial charge in [-0.05, 0) is 35.9 Å². The van der Waals surface area contributed by atoms with E-state index in [2.05, 4.69) is 9.71 Å². The summed E-state index contributed by atoms with van der Waals surface area (Å²) in [5.74, 6) is -0.797. The molecule has 0 spiro atoms. The second kappa shape index (κ2) is 6.66. The number of pyridine rings is 1. The molecule has 0 saturated heterocycles. The van der Waals surface area contributed by atoms with Crippen molar-refractivity contribution in [3.63, 3.8) is 0 Å². The van der Waals surface area contributed by atoms with E-state index in [9.17, 15) is 13.2 Å². The Bertz CT molecular complexity index is 1140. The lowest BCUT2D eigenvalue weighted by Crippen LogP contribution is -2.34. The maximum atomic E-state index is 12.9. The number of methoxy groups -OCH3 is 1. The summed E-state index contributed by atoms with van der Waals surface area (Å²) in [6.45, 7) is 0.